The highest BCUT2D eigenvalue weighted by atomic mass is 19.1. The van der Waals surface area contributed by atoms with E-state index in [-0.39, 0.29) is 24.4 Å². The number of rotatable bonds is 7. The molecule has 5 heteroatoms. The third-order valence-electron chi connectivity index (χ3n) is 3.79. The quantitative estimate of drug-likeness (QED) is 0.840. The zero-order valence-electron chi connectivity index (χ0n) is 12.9. The minimum atomic E-state index is -0.302. The van der Waals surface area contributed by atoms with Crippen LogP contribution in [0.3, 0.4) is 0 Å². The number of carbonyl (C=O) groups excluding carboxylic acids is 1. The molecular weight excluding hydrogens is 271 g/mol. The number of amides is 1. The Kier molecular flexibility index (Phi) is 5.17. The minimum absolute atomic E-state index is 0.00945. The van der Waals surface area contributed by atoms with Crippen LogP contribution in [0.25, 0.3) is 0 Å². The molecule has 2 rings (SSSR count). The fourth-order valence-corrected chi connectivity index (χ4v) is 2.31. The third-order valence-corrected chi connectivity index (χ3v) is 3.79. The summed E-state index contributed by atoms with van der Waals surface area (Å²) in [6, 6.07) is 4.74. The first kappa shape index (κ1) is 15.8. The predicted molar refractivity (Wildman–Crippen MR) is 79.8 cm³/mol. The van der Waals surface area contributed by atoms with E-state index in [9.17, 15) is 9.18 Å². The first-order valence-corrected chi connectivity index (χ1v) is 7.44. The summed E-state index contributed by atoms with van der Waals surface area (Å²) in [6.07, 6.45) is 2.14. The Hall–Kier alpha value is -1.62. The molecule has 1 atom stereocenters. The van der Waals surface area contributed by atoms with Crippen LogP contribution in [-0.2, 0) is 4.79 Å². The van der Waals surface area contributed by atoms with Crippen molar-refractivity contribution < 1.29 is 13.9 Å². The highest BCUT2D eigenvalue weighted by Crippen LogP contribution is 2.27. The van der Waals surface area contributed by atoms with Gasteiger partial charge in [-0.25, -0.2) is 4.39 Å². The summed E-state index contributed by atoms with van der Waals surface area (Å²) in [4.78, 5) is 13.7. The van der Waals surface area contributed by atoms with Crippen molar-refractivity contribution in [2.75, 3.05) is 20.2 Å². The monoisotopic (exact) mass is 294 g/mol. The van der Waals surface area contributed by atoms with Gasteiger partial charge in [-0.05, 0) is 44.5 Å². The highest BCUT2D eigenvalue weighted by molar-refractivity contribution is 5.78. The van der Waals surface area contributed by atoms with Gasteiger partial charge in [0.05, 0.1) is 0 Å². The summed E-state index contributed by atoms with van der Waals surface area (Å²) in [7, 11) is 1.80. The van der Waals surface area contributed by atoms with Crippen molar-refractivity contribution in [2.24, 2.45) is 0 Å². The molecule has 4 nitrogen and oxygen atoms in total. The third kappa shape index (κ3) is 4.17. The van der Waals surface area contributed by atoms with Crippen LogP contribution in [0.4, 0.5) is 4.39 Å². The molecule has 0 saturated heterocycles. The molecule has 1 amide bonds. The Morgan fingerprint density at radius 2 is 2.24 bits per heavy atom. The molecule has 1 aromatic carbocycles. The van der Waals surface area contributed by atoms with Crippen LogP contribution in [0.2, 0.25) is 0 Å². The maximum Gasteiger partial charge on any atom is 0.260 e. The number of nitrogens with one attached hydrogen (secondary N) is 1. The number of benzene rings is 1. The van der Waals surface area contributed by atoms with Crippen molar-refractivity contribution in [2.45, 2.75) is 38.8 Å². The summed E-state index contributed by atoms with van der Waals surface area (Å²) < 4.78 is 19.1. The van der Waals surface area contributed by atoms with Gasteiger partial charge in [-0.3, -0.25) is 4.79 Å². The Bertz CT molecular complexity index is 503. The molecule has 1 aliphatic carbocycles. The van der Waals surface area contributed by atoms with E-state index in [4.69, 9.17) is 4.74 Å². The van der Waals surface area contributed by atoms with E-state index in [0.717, 1.165) is 24.9 Å². The zero-order chi connectivity index (χ0) is 15.4. The van der Waals surface area contributed by atoms with Crippen LogP contribution < -0.4 is 10.1 Å². The normalized spacial score (nSPS) is 15.6. The molecular formula is C16H23FN2O2. The second-order valence-corrected chi connectivity index (χ2v) is 5.49. The minimum Gasteiger partial charge on any atom is -0.483 e. The van der Waals surface area contributed by atoms with E-state index in [0.29, 0.717) is 11.8 Å². The van der Waals surface area contributed by atoms with Crippen LogP contribution in [0.15, 0.2) is 18.2 Å². The summed E-state index contributed by atoms with van der Waals surface area (Å²) in [5.74, 6) is 0.217. The molecule has 116 valence electrons. The van der Waals surface area contributed by atoms with E-state index in [1.807, 2.05) is 13.8 Å². The molecule has 0 radical (unpaired) electrons. The molecule has 1 saturated carbocycles. The van der Waals surface area contributed by atoms with Gasteiger partial charge in [0.2, 0.25) is 0 Å². The maximum absolute atomic E-state index is 13.4. The molecule has 0 heterocycles. The van der Waals surface area contributed by atoms with E-state index in [2.05, 4.69) is 5.32 Å². The molecule has 1 unspecified atom stereocenters. The lowest BCUT2D eigenvalue weighted by Gasteiger charge is -2.20. The van der Waals surface area contributed by atoms with Gasteiger partial charge in [0.1, 0.15) is 11.6 Å². The molecule has 1 aliphatic rings. The number of hydrogen-bond donors (Lipinski definition) is 1. The molecule has 1 fully saturated rings. The molecule has 1 aromatic rings. The fourth-order valence-electron chi connectivity index (χ4n) is 2.31. The largest absolute Gasteiger partial charge is 0.483 e. The second-order valence-electron chi connectivity index (χ2n) is 5.49. The van der Waals surface area contributed by atoms with Gasteiger partial charge >= 0.3 is 0 Å². The number of likely N-dealkylation sites (N-methyl/N-ethyl adjacent to an activating group) is 1. The Morgan fingerprint density at radius 3 is 2.86 bits per heavy atom. The Labute approximate surface area is 125 Å². The van der Waals surface area contributed by atoms with Crippen LogP contribution in [0.1, 0.15) is 38.3 Å². The molecule has 0 aromatic heterocycles. The summed E-state index contributed by atoms with van der Waals surface area (Å²) in [5, 5.41) is 3.23. The fraction of sp³-hybridized carbons (Fsp3) is 0.562. The summed E-state index contributed by atoms with van der Waals surface area (Å²) >= 11 is 0. The van der Waals surface area contributed by atoms with Gasteiger partial charge in [-0.2, -0.15) is 0 Å². The lowest BCUT2D eigenvalue weighted by Crippen LogP contribution is -2.33. The molecule has 1 N–H and O–H groups in total. The maximum atomic E-state index is 13.4. The molecule has 0 spiro atoms. The molecule has 0 aliphatic heterocycles. The van der Waals surface area contributed by atoms with Gasteiger partial charge in [0.15, 0.2) is 6.61 Å². The van der Waals surface area contributed by atoms with Gasteiger partial charge < -0.3 is 15.0 Å². The molecule has 0 bridgehead atoms. The van der Waals surface area contributed by atoms with E-state index in [1.165, 1.54) is 12.1 Å². The van der Waals surface area contributed by atoms with Gasteiger partial charge in [0.25, 0.3) is 5.91 Å². The average Bonchev–Trinajstić information content (AvgIpc) is 3.29. The van der Waals surface area contributed by atoms with Gasteiger partial charge in [-0.1, -0.05) is 6.92 Å². The Morgan fingerprint density at radius 1 is 1.52 bits per heavy atom. The first-order valence-electron chi connectivity index (χ1n) is 7.44. The van der Waals surface area contributed by atoms with Crippen molar-refractivity contribution in [3.05, 3.63) is 29.6 Å². The summed E-state index contributed by atoms with van der Waals surface area (Å²) in [6.45, 7) is 4.71. The second kappa shape index (κ2) is 6.89. The molecule has 21 heavy (non-hydrogen) atoms. The zero-order valence-corrected chi connectivity index (χ0v) is 12.9. The van der Waals surface area contributed by atoms with E-state index >= 15 is 0 Å². The van der Waals surface area contributed by atoms with E-state index in [1.54, 1.807) is 18.0 Å². The van der Waals surface area contributed by atoms with Crippen LogP contribution >= 0.6 is 0 Å². The number of halogens is 1. The van der Waals surface area contributed by atoms with Crippen LogP contribution in [-0.4, -0.2) is 37.0 Å². The number of hydrogen-bond acceptors (Lipinski definition) is 3. The van der Waals surface area contributed by atoms with Crippen molar-refractivity contribution in [1.82, 2.24) is 10.2 Å². The lowest BCUT2D eigenvalue weighted by atomic mass is 10.1. The van der Waals surface area contributed by atoms with Gasteiger partial charge in [-0.15, -0.1) is 0 Å². The topological polar surface area (TPSA) is 41.6 Å². The lowest BCUT2D eigenvalue weighted by molar-refractivity contribution is -0.132. The van der Waals surface area contributed by atoms with Crippen molar-refractivity contribution in [3.63, 3.8) is 0 Å². The Balaban J connectivity index is 2.02. The average molecular weight is 294 g/mol. The highest BCUT2D eigenvalue weighted by Gasteiger charge is 2.29. The van der Waals surface area contributed by atoms with Crippen molar-refractivity contribution >= 4 is 5.91 Å². The van der Waals surface area contributed by atoms with E-state index < -0.39 is 0 Å². The van der Waals surface area contributed by atoms with Crippen molar-refractivity contribution in [3.8, 4) is 5.75 Å². The van der Waals surface area contributed by atoms with Gasteiger partial charge in [0, 0.05) is 24.7 Å². The smallest absolute Gasteiger partial charge is 0.260 e. The van der Waals surface area contributed by atoms with Crippen LogP contribution in [0, 0.1) is 5.82 Å². The van der Waals surface area contributed by atoms with Crippen molar-refractivity contribution in [1.29, 1.82) is 0 Å². The number of ether oxygens (including phenoxy) is 1. The first-order chi connectivity index (χ1) is 10.0. The predicted octanol–water partition coefficient (Wildman–Crippen LogP) is 2.50. The number of carbonyl (C=O) groups is 1. The standard InChI is InChI=1S/C16H23FN2O2/c1-4-18-11(2)14-9-12(17)5-8-15(14)21-10-16(20)19(3)13-6-7-13/h5,8-9,11,13,18H,4,6-7,10H2,1-3H3. The number of nitrogens with zero attached hydrogens (tertiary/aromatic N) is 1. The SMILES string of the molecule is CCNC(C)c1cc(F)ccc1OCC(=O)N(C)C1CC1. The summed E-state index contributed by atoms with van der Waals surface area (Å²) in [5.41, 5.74) is 0.735. The van der Waals surface area contributed by atoms with Crippen LogP contribution in [0.5, 0.6) is 5.75 Å².